The van der Waals surface area contributed by atoms with E-state index in [9.17, 15) is 0 Å². The average Bonchev–Trinajstić information content (AvgIpc) is 2.38. The predicted octanol–water partition coefficient (Wildman–Crippen LogP) is 1.50. The van der Waals surface area contributed by atoms with Gasteiger partial charge in [-0.1, -0.05) is 0 Å². The molecule has 0 fully saturated rings. The van der Waals surface area contributed by atoms with Crippen molar-refractivity contribution in [2.75, 3.05) is 12.1 Å². The fourth-order valence-corrected chi connectivity index (χ4v) is 2.72. The molecule has 0 spiro atoms. The second-order valence-corrected chi connectivity index (χ2v) is 4.75. The molecule has 0 saturated heterocycles. The van der Waals surface area contributed by atoms with Gasteiger partial charge in [0, 0.05) is 24.2 Å². The molecule has 3 rings (SSSR count). The van der Waals surface area contributed by atoms with Gasteiger partial charge in [-0.3, -0.25) is 5.41 Å². The summed E-state index contributed by atoms with van der Waals surface area (Å²) >= 11 is 6.30. The van der Waals surface area contributed by atoms with Crippen LogP contribution in [0, 0.1) is 0 Å². The van der Waals surface area contributed by atoms with Crippen LogP contribution in [0.2, 0.25) is 0 Å². The summed E-state index contributed by atoms with van der Waals surface area (Å²) in [7, 11) is 0. The molecule has 4 N–H and O–H groups in total. The lowest BCUT2D eigenvalue weighted by Gasteiger charge is -2.05. The maximum absolute atomic E-state index is 5.75. The molecule has 0 saturated carbocycles. The van der Waals surface area contributed by atoms with Gasteiger partial charge in [0.25, 0.3) is 0 Å². The van der Waals surface area contributed by atoms with Gasteiger partial charge in [0.15, 0.2) is 5.36 Å². The van der Waals surface area contributed by atoms with E-state index in [0.717, 1.165) is 31.8 Å². The van der Waals surface area contributed by atoms with Crippen LogP contribution in [0.5, 0.6) is 0 Å². The molecule has 0 atom stereocenters. The molecule has 92 valence electrons. The fourth-order valence-electron chi connectivity index (χ4n) is 1.66. The van der Waals surface area contributed by atoms with Crippen LogP contribution in [-0.2, 0) is 0 Å². The highest BCUT2D eigenvalue weighted by atomic mass is 35.5. The maximum Gasteiger partial charge on any atom is 0.198 e. The van der Waals surface area contributed by atoms with E-state index >= 15 is 0 Å². The third-order valence-corrected chi connectivity index (χ3v) is 3.52. The number of alkyl halides is 1. The third-order valence-electron chi connectivity index (χ3n) is 2.43. The van der Waals surface area contributed by atoms with E-state index in [1.54, 1.807) is 11.3 Å². The quantitative estimate of drug-likeness (QED) is 0.372. The predicted molar refractivity (Wildman–Crippen MR) is 77.5 cm³/mol. The van der Waals surface area contributed by atoms with E-state index < -0.39 is 0 Å². The molecule has 1 aromatic rings. The molecule has 3 nitrogen and oxygen atoms in total. The van der Waals surface area contributed by atoms with Crippen LogP contribution in [-0.4, -0.2) is 11.4 Å². The molecule has 18 heavy (non-hydrogen) atoms. The number of nitrogens with zero attached hydrogens (tertiary/aromatic N) is 1. The molecular weight excluding hydrogens is 266 g/mol. The smallest absolute Gasteiger partial charge is 0.198 e. The minimum Gasteiger partial charge on any atom is -0.399 e. The van der Waals surface area contributed by atoms with Gasteiger partial charge >= 0.3 is 0 Å². The van der Waals surface area contributed by atoms with Gasteiger partial charge in [-0.15, -0.1) is 22.9 Å². The second-order valence-electron chi connectivity index (χ2n) is 3.67. The summed E-state index contributed by atoms with van der Waals surface area (Å²) in [6.45, 7) is 0. The highest BCUT2D eigenvalue weighted by molar-refractivity contribution is 7.21. The van der Waals surface area contributed by atoms with Crippen LogP contribution in [0.25, 0.3) is 20.8 Å². The van der Waals surface area contributed by atoms with Crippen LogP contribution in [0.4, 0.5) is 5.69 Å². The maximum atomic E-state index is 5.75. The van der Waals surface area contributed by atoms with Gasteiger partial charge < -0.3 is 5.73 Å². The number of nitrogens with two attached hydrogens (primary N) is 2. The SMILES string of the molecule is CCl.Nc1ccc2nc3ccc(=[NH2+])cc-3sc2c1. The average molecular weight is 279 g/mol. The number of halogens is 1. The number of fused-ring (bicyclic) bond motifs is 2. The normalized spacial score (nSPS) is 10.1. The highest BCUT2D eigenvalue weighted by Crippen LogP contribution is 2.30. The van der Waals surface area contributed by atoms with Crippen LogP contribution >= 0.6 is 22.9 Å². The Bertz CT molecular complexity index is 708. The molecule has 0 unspecified atom stereocenters. The first-order chi connectivity index (χ1) is 8.72. The van der Waals surface area contributed by atoms with Crippen molar-refractivity contribution in [3.8, 4) is 10.6 Å². The van der Waals surface area contributed by atoms with E-state index in [2.05, 4.69) is 16.6 Å². The Balaban J connectivity index is 0.000000574. The molecule has 0 aromatic heterocycles. The number of hydrogen-bond acceptors (Lipinski definition) is 3. The van der Waals surface area contributed by atoms with Crippen molar-refractivity contribution in [1.82, 2.24) is 4.98 Å². The van der Waals surface area contributed by atoms with Crippen molar-refractivity contribution in [2.24, 2.45) is 0 Å². The largest absolute Gasteiger partial charge is 0.399 e. The summed E-state index contributed by atoms with van der Waals surface area (Å²) in [5, 5.41) is 6.51. The van der Waals surface area contributed by atoms with E-state index in [0.29, 0.717) is 0 Å². The van der Waals surface area contributed by atoms with Gasteiger partial charge in [0.2, 0.25) is 0 Å². The van der Waals surface area contributed by atoms with E-state index in [-0.39, 0.29) is 0 Å². The number of nitrogen functional groups attached to an aromatic ring is 1. The van der Waals surface area contributed by atoms with Crippen LogP contribution in [0.1, 0.15) is 0 Å². The Labute approximate surface area is 114 Å². The molecule has 1 heterocycles. The standard InChI is InChI=1S/C12H9N3S.CH3Cl/c13-7-1-3-9-11(5-7)16-12-6-8(14)2-4-10(12)15-9;1-2/h1-6,13H,14H2;1H3/p+1. The van der Waals surface area contributed by atoms with Gasteiger partial charge in [0.1, 0.15) is 0 Å². The molecule has 0 amide bonds. The zero-order chi connectivity index (χ0) is 13.1. The number of anilines is 1. The minimum atomic E-state index is 0.758. The lowest BCUT2D eigenvalue weighted by molar-refractivity contribution is -0.172. The molecule has 2 aliphatic rings. The third kappa shape index (κ3) is 2.44. The lowest BCUT2D eigenvalue weighted by Crippen LogP contribution is -2.44. The Morgan fingerprint density at radius 2 is 1.94 bits per heavy atom. The molecule has 5 heteroatoms. The van der Waals surface area contributed by atoms with Crippen molar-refractivity contribution < 1.29 is 5.41 Å². The second kappa shape index (κ2) is 5.33. The fraction of sp³-hybridized carbons (Fsp3) is 0.0769. The van der Waals surface area contributed by atoms with Crippen LogP contribution in [0.15, 0.2) is 36.4 Å². The monoisotopic (exact) mass is 278 g/mol. The van der Waals surface area contributed by atoms with Crippen LogP contribution in [0.3, 0.4) is 0 Å². The zero-order valence-electron chi connectivity index (χ0n) is 9.85. The number of aromatic nitrogens is 1. The minimum absolute atomic E-state index is 0.758. The molecule has 1 aliphatic heterocycles. The summed E-state index contributed by atoms with van der Waals surface area (Å²) in [4.78, 5) is 5.64. The first-order valence-electron chi connectivity index (χ1n) is 5.29. The lowest BCUT2D eigenvalue weighted by atomic mass is 10.2. The highest BCUT2D eigenvalue weighted by Gasteiger charge is 2.07. The summed E-state index contributed by atoms with van der Waals surface area (Å²) < 4.78 is 1.08. The number of benzene rings is 2. The van der Waals surface area contributed by atoms with Gasteiger partial charge in [0.05, 0.1) is 20.8 Å². The Kier molecular flexibility index (Phi) is 3.79. The van der Waals surface area contributed by atoms with Crippen molar-refractivity contribution in [1.29, 1.82) is 0 Å². The van der Waals surface area contributed by atoms with Gasteiger partial charge in [-0.2, -0.15) is 0 Å². The van der Waals surface area contributed by atoms with E-state index in [4.69, 9.17) is 11.1 Å². The molecule has 1 aromatic carbocycles. The first-order valence-corrected chi connectivity index (χ1v) is 6.86. The Morgan fingerprint density at radius 1 is 1.17 bits per heavy atom. The summed E-state index contributed by atoms with van der Waals surface area (Å²) in [6, 6.07) is 11.5. The van der Waals surface area contributed by atoms with Crippen molar-refractivity contribution in [3.05, 3.63) is 41.8 Å². The summed E-state index contributed by atoms with van der Waals surface area (Å²) in [5.74, 6) is 0. The first kappa shape index (κ1) is 12.8. The Hall–Kier alpha value is -1.65. The topological polar surface area (TPSA) is 64.5 Å². The van der Waals surface area contributed by atoms with Gasteiger partial charge in [-0.25, -0.2) is 4.98 Å². The van der Waals surface area contributed by atoms with Crippen molar-refractivity contribution in [2.45, 2.75) is 0 Å². The molecular formula is C13H13ClN3S+. The van der Waals surface area contributed by atoms with Crippen molar-refractivity contribution >= 4 is 38.8 Å². The van der Waals surface area contributed by atoms with Crippen molar-refractivity contribution in [3.63, 3.8) is 0 Å². The van der Waals surface area contributed by atoms with Gasteiger partial charge in [-0.05, 0) is 24.3 Å². The molecule has 0 radical (unpaired) electrons. The molecule has 1 aliphatic carbocycles. The van der Waals surface area contributed by atoms with E-state index in [1.807, 2.05) is 36.4 Å². The zero-order valence-corrected chi connectivity index (χ0v) is 11.4. The van der Waals surface area contributed by atoms with Crippen LogP contribution < -0.4 is 16.5 Å². The Morgan fingerprint density at radius 3 is 2.72 bits per heavy atom. The summed E-state index contributed by atoms with van der Waals surface area (Å²) in [6.07, 6.45) is 1.47. The number of rotatable bonds is 0. The summed E-state index contributed by atoms with van der Waals surface area (Å²) in [5.41, 5.74) is 8.45. The molecule has 0 bridgehead atoms. The van der Waals surface area contributed by atoms with E-state index in [1.165, 1.54) is 6.38 Å². The number of hydrogen-bond donors (Lipinski definition) is 2.